The molecule has 1 aromatic carbocycles. The zero-order chi connectivity index (χ0) is 16.2. The van der Waals surface area contributed by atoms with E-state index in [1.165, 1.54) is 0 Å². The molecule has 0 saturated carbocycles. The molecule has 2 unspecified atom stereocenters. The van der Waals surface area contributed by atoms with E-state index in [-0.39, 0.29) is 18.1 Å². The molecule has 1 heterocycles. The van der Waals surface area contributed by atoms with Gasteiger partial charge in [-0.3, -0.25) is 4.79 Å². The van der Waals surface area contributed by atoms with E-state index in [0.717, 1.165) is 36.9 Å². The number of carbonyl (C=O) groups is 1. The van der Waals surface area contributed by atoms with Gasteiger partial charge in [0.25, 0.3) is 0 Å². The average Bonchev–Trinajstić information content (AvgIpc) is 2.71. The normalized spacial score (nSPS) is 23.0. The van der Waals surface area contributed by atoms with Crippen LogP contribution < -0.4 is 5.32 Å². The molecular formula is C18H27NO3. The maximum atomic E-state index is 12.7. The third-order valence-electron chi connectivity index (χ3n) is 4.58. The van der Waals surface area contributed by atoms with Crippen LogP contribution in [0.15, 0.2) is 24.3 Å². The first-order valence-electron chi connectivity index (χ1n) is 8.23. The third-order valence-corrected chi connectivity index (χ3v) is 4.58. The second-order valence-electron chi connectivity index (χ2n) is 6.56. The Morgan fingerprint density at radius 2 is 1.59 bits per heavy atom. The number of nitrogens with one attached hydrogen (secondary N) is 1. The van der Waals surface area contributed by atoms with Crippen LogP contribution in [0.4, 0.5) is 5.69 Å². The minimum absolute atomic E-state index is 0.0601. The molecule has 0 spiro atoms. The van der Waals surface area contributed by atoms with Crippen molar-refractivity contribution in [2.24, 2.45) is 0 Å². The molecule has 4 heteroatoms. The largest absolute Gasteiger partial charge is 0.393 e. The molecule has 4 nitrogen and oxygen atoms in total. The van der Waals surface area contributed by atoms with Gasteiger partial charge in [-0.1, -0.05) is 18.2 Å². The van der Waals surface area contributed by atoms with Crippen LogP contribution in [0.5, 0.6) is 0 Å². The van der Waals surface area contributed by atoms with E-state index in [2.05, 4.69) is 5.32 Å². The average molecular weight is 305 g/mol. The highest BCUT2D eigenvalue weighted by molar-refractivity contribution is 6.06. The van der Waals surface area contributed by atoms with E-state index >= 15 is 0 Å². The summed E-state index contributed by atoms with van der Waals surface area (Å²) in [6.45, 7) is 3.56. The van der Waals surface area contributed by atoms with E-state index in [4.69, 9.17) is 0 Å². The Morgan fingerprint density at radius 3 is 2.14 bits per heavy atom. The lowest BCUT2D eigenvalue weighted by atomic mass is 9.73. The van der Waals surface area contributed by atoms with Crippen molar-refractivity contribution in [1.82, 2.24) is 0 Å². The van der Waals surface area contributed by atoms with Gasteiger partial charge in [0.2, 0.25) is 5.91 Å². The Labute approximate surface area is 132 Å². The lowest BCUT2D eigenvalue weighted by Crippen LogP contribution is -2.35. The van der Waals surface area contributed by atoms with Gasteiger partial charge in [-0.15, -0.1) is 0 Å². The predicted molar refractivity (Wildman–Crippen MR) is 87.8 cm³/mol. The van der Waals surface area contributed by atoms with E-state index in [9.17, 15) is 15.0 Å². The zero-order valence-electron chi connectivity index (χ0n) is 13.5. The molecular weight excluding hydrogens is 278 g/mol. The Kier molecular flexibility index (Phi) is 5.59. The fourth-order valence-corrected chi connectivity index (χ4v) is 3.39. The Bertz CT molecular complexity index is 497. The van der Waals surface area contributed by atoms with Crippen molar-refractivity contribution in [2.75, 3.05) is 5.32 Å². The first-order valence-corrected chi connectivity index (χ1v) is 8.23. The fraction of sp³-hybridized carbons (Fsp3) is 0.611. The van der Waals surface area contributed by atoms with Crippen LogP contribution in [0.3, 0.4) is 0 Å². The number of fused-ring (bicyclic) bond motifs is 1. The lowest BCUT2D eigenvalue weighted by molar-refractivity contribution is -0.121. The molecule has 1 aliphatic rings. The first kappa shape index (κ1) is 17.0. The van der Waals surface area contributed by atoms with Crippen LogP contribution in [0.1, 0.15) is 57.9 Å². The summed E-state index contributed by atoms with van der Waals surface area (Å²) in [6, 6.07) is 7.87. The first-order chi connectivity index (χ1) is 10.5. The van der Waals surface area contributed by atoms with Crippen molar-refractivity contribution in [3.05, 3.63) is 29.8 Å². The summed E-state index contributed by atoms with van der Waals surface area (Å²) in [5, 5.41) is 22.0. The molecule has 3 N–H and O–H groups in total. The molecule has 1 amide bonds. The van der Waals surface area contributed by atoms with Gasteiger partial charge in [0.05, 0.1) is 17.6 Å². The van der Waals surface area contributed by atoms with Crippen molar-refractivity contribution in [3.63, 3.8) is 0 Å². The number of benzene rings is 1. The van der Waals surface area contributed by atoms with Crippen molar-refractivity contribution < 1.29 is 15.0 Å². The van der Waals surface area contributed by atoms with Gasteiger partial charge in [-0.2, -0.15) is 0 Å². The van der Waals surface area contributed by atoms with Crippen LogP contribution >= 0.6 is 0 Å². The second-order valence-corrected chi connectivity index (χ2v) is 6.56. The fourth-order valence-electron chi connectivity index (χ4n) is 3.39. The van der Waals surface area contributed by atoms with E-state index < -0.39 is 5.41 Å². The number of anilines is 1. The number of para-hydroxylation sites is 1. The molecule has 22 heavy (non-hydrogen) atoms. The molecule has 2 rings (SSSR count). The summed E-state index contributed by atoms with van der Waals surface area (Å²) in [5.41, 5.74) is 1.46. The Balaban J connectivity index is 2.19. The molecule has 122 valence electrons. The molecule has 1 aliphatic heterocycles. The van der Waals surface area contributed by atoms with Gasteiger partial charge in [-0.25, -0.2) is 0 Å². The SMILES string of the molecule is CC(O)CCCC1(CCCC(C)O)C(=O)Nc2ccccc21. The summed E-state index contributed by atoms with van der Waals surface area (Å²) in [7, 11) is 0. The van der Waals surface area contributed by atoms with E-state index in [1.54, 1.807) is 13.8 Å². The highest BCUT2D eigenvalue weighted by Gasteiger charge is 2.45. The number of rotatable bonds is 8. The van der Waals surface area contributed by atoms with Crippen molar-refractivity contribution in [2.45, 2.75) is 70.0 Å². The molecule has 0 bridgehead atoms. The monoisotopic (exact) mass is 305 g/mol. The van der Waals surface area contributed by atoms with Crippen LogP contribution in [0, 0.1) is 0 Å². The van der Waals surface area contributed by atoms with Gasteiger partial charge in [0, 0.05) is 5.69 Å². The Hall–Kier alpha value is -1.39. The van der Waals surface area contributed by atoms with Gasteiger partial charge in [0.15, 0.2) is 0 Å². The quantitative estimate of drug-likeness (QED) is 0.691. The summed E-state index contributed by atoms with van der Waals surface area (Å²) >= 11 is 0. The Morgan fingerprint density at radius 1 is 1.05 bits per heavy atom. The minimum Gasteiger partial charge on any atom is -0.393 e. The molecule has 0 aromatic heterocycles. The summed E-state index contributed by atoms with van der Waals surface area (Å²) < 4.78 is 0. The maximum Gasteiger partial charge on any atom is 0.235 e. The number of carbonyl (C=O) groups excluding carboxylic acids is 1. The molecule has 2 atom stereocenters. The molecule has 0 radical (unpaired) electrons. The molecule has 0 fully saturated rings. The molecule has 0 aliphatic carbocycles. The standard InChI is InChI=1S/C18H27NO3/c1-13(20)7-5-11-18(12-6-8-14(2)21)15-9-3-4-10-16(15)19-17(18)22/h3-4,9-10,13-14,20-21H,5-8,11-12H2,1-2H3,(H,19,22). The van der Waals surface area contributed by atoms with Gasteiger partial charge < -0.3 is 15.5 Å². The topological polar surface area (TPSA) is 69.6 Å². The van der Waals surface area contributed by atoms with Gasteiger partial charge in [0.1, 0.15) is 0 Å². The predicted octanol–water partition coefficient (Wildman–Crippen LogP) is 2.98. The number of amides is 1. The molecule has 1 aromatic rings. The highest BCUT2D eigenvalue weighted by atomic mass is 16.3. The smallest absolute Gasteiger partial charge is 0.235 e. The summed E-state index contributed by atoms with van der Waals surface area (Å²) in [6.07, 6.45) is 3.83. The number of aliphatic hydroxyl groups is 2. The van der Waals surface area contributed by atoms with Crippen molar-refractivity contribution in [3.8, 4) is 0 Å². The van der Waals surface area contributed by atoms with E-state index in [0.29, 0.717) is 12.8 Å². The number of hydrogen-bond acceptors (Lipinski definition) is 3. The summed E-state index contributed by atoms with van der Waals surface area (Å²) in [5.74, 6) is 0.0601. The molecule has 0 saturated heterocycles. The van der Waals surface area contributed by atoms with Crippen LogP contribution in [0.2, 0.25) is 0 Å². The van der Waals surface area contributed by atoms with Crippen LogP contribution in [-0.4, -0.2) is 28.3 Å². The van der Waals surface area contributed by atoms with Crippen molar-refractivity contribution in [1.29, 1.82) is 0 Å². The zero-order valence-corrected chi connectivity index (χ0v) is 13.5. The number of hydrogen-bond donors (Lipinski definition) is 3. The minimum atomic E-state index is -0.514. The summed E-state index contributed by atoms with van der Waals surface area (Å²) in [4.78, 5) is 12.7. The van der Waals surface area contributed by atoms with Gasteiger partial charge in [-0.05, 0) is 64.0 Å². The lowest BCUT2D eigenvalue weighted by Gasteiger charge is -2.28. The highest BCUT2D eigenvalue weighted by Crippen LogP contribution is 2.44. The van der Waals surface area contributed by atoms with Crippen molar-refractivity contribution >= 4 is 11.6 Å². The maximum absolute atomic E-state index is 12.7. The van der Waals surface area contributed by atoms with E-state index in [1.807, 2.05) is 24.3 Å². The van der Waals surface area contributed by atoms with Crippen LogP contribution in [-0.2, 0) is 10.2 Å². The van der Waals surface area contributed by atoms with Gasteiger partial charge >= 0.3 is 0 Å². The third kappa shape index (κ3) is 3.68. The number of aliphatic hydroxyl groups excluding tert-OH is 2. The van der Waals surface area contributed by atoms with Crippen LogP contribution in [0.25, 0.3) is 0 Å². The second kappa shape index (κ2) is 7.25.